The third kappa shape index (κ3) is 3.46. The number of amides is 1. The fourth-order valence-corrected chi connectivity index (χ4v) is 14.4. The first-order valence-corrected chi connectivity index (χ1v) is 15.6. The first kappa shape index (κ1) is 17.2. The maximum absolute atomic E-state index is 12.6. The maximum atomic E-state index is 12.6. The van der Waals surface area contributed by atoms with Crippen molar-refractivity contribution >= 4 is 12.6 Å². The van der Waals surface area contributed by atoms with Crippen molar-refractivity contribution in [1.29, 1.82) is 0 Å². The van der Waals surface area contributed by atoms with E-state index in [4.69, 9.17) is 0 Å². The molecule has 1 amide bonds. The first-order chi connectivity index (χ1) is 9.84. The molecule has 1 saturated carbocycles. The summed E-state index contributed by atoms with van der Waals surface area (Å²) in [5.41, 5.74) is 4.51. The molecule has 0 radical (unpaired) electrons. The van der Waals surface area contributed by atoms with E-state index in [1.165, 1.54) is 29.6 Å². The normalized spacial score (nSPS) is 23.5. The van der Waals surface area contributed by atoms with E-state index in [2.05, 4.69) is 44.6 Å². The molecule has 2 rings (SSSR count). The van der Waals surface area contributed by atoms with Crippen molar-refractivity contribution in [2.75, 3.05) is 0 Å². The molecule has 0 aliphatic heterocycles. The van der Waals surface area contributed by atoms with Crippen LogP contribution in [0.5, 0.6) is 0 Å². The average molecular weight is 340 g/mol. The molecule has 1 atom stereocenters. The van der Waals surface area contributed by atoms with Crippen LogP contribution in [0, 0.1) is 11.8 Å². The van der Waals surface area contributed by atoms with Gasteiger partial charge in [0.25, 0.3) is 0 Å². The number of hydrogen-bond acceptors (Lipinski definition) is 1. The molecular formula is C17H30NOSiTi. The van der Waals surface area contributed by atoms with E-state index in [1.807, 2.05) is 0 Å². The second-order valence-electron chi connectivity index (χ2n) is 7.11. The molecule has 0 aromatic heterocycles. The Labute approximate surface area is 137 Å². The molecule has 1 N–H and O–H groups in total. The second-order valence-corrected chi connectivity index (χ2v) is 19.7. The van der Waals surface area contributed by atoms with Crippen LogP contribution in [0.25, 0.3) is 0 Å². The van der Waals surface area contributed by atoms with Crippen molar-refractivity contribution in [2.45, 2.75) is 66.5 Å². The molecule has 117 valence electrons. The van der Waals surface area contributed by atoms with Crippen LogP contribution in [-0.2, 0) is 22.2 Å². The van der Waals surface area contributed by atoms with Gasteiger partial charge in [0.15, 0.2) is 0 Å². The van der Waals surface area contributed by atoms with Crippen LogP contribution in [0.15, 0.2) is 20.6 Å². The van der Waals surface area contributed by atoms with Gasteiger partial charge in [-0.2, -0.15) is 0 Å². The topological polar surface area (TPSA) is 29.1 Å². The van der Waals surface area contributed by atoms with Crippen LogP contribution in [0.1, 0.15) is 53.4 Å². The standard InChI is InChI=1S/C9H13.C6H11NO.C2H7Si.Ti/c1-6-5-7(2)9(4)8(6)3;7-6(8)5-3-1-2-4-5;1-3-2;/h6H,1-4H3;5H,1-4H2,(H2,7,8);3H,1-2H3;/q;;;+1/p-1. The van der Waals surface area contributed by atoms with E-state index in [9.17, 15) is 4.79 Å². The Bertz CT molecular complexity index is 489. The first-order valence-electron chi connectivity index (χ1n) is 8.41. The zero-order valence-corrected chi connectivity index (χ0v) is 17.2. The third-order valence-electron chi connectivity index (χ3n) is 5.49. The van der Waals surface area contributed by atoms with Gasteiger partial charge in [0.1, 0.15) is 0 Å². The van der Waals surface area contributed by atoms with Crippen molar-refractivity contribution < 1.29 is 22.2 Å². The summed E-state index contributed by atoms with van der Waals surface area (Å²) in [6, 6.07) is 0. The van der Waals surface area contributed by atoms with Crippen molar-refractivity contribution in [3.05, 3.63) is 20.6 Å². The van der Waals surface area contributed by atoms with Crippen LogP contribution in [0.4, 0.5) is 0 Å². The van der Waals surface area contributed by atoms with Gasteiger partial charge in [-0.1, -0.05) is 0 Å². The summed E-state index contributed by atoms with van der Waals surface area (Å²) in [6.07, 6.45) is 4.71. The molecule has 4 heteroatoms. The minimum atomic E-state index is -1.61. The molecular weight excluding hydrogens is 310 g/mol. The van der Waals surface area contributed by atoms with Crippen molar-refractivity contribution in [1.82, 2.24) is 3.80 Å². The van der Waals surface area contributed by atoms with Crippen LogP contribution in [0.3, 0.4) is 0 Å². The molecule has 0 bridgehead atoms. The number of hydrogen-bond donors (Lipinski definition) is 1. The Morgan fingerprint density at radius 3 is 2.14 bits per heavy atom. The predicted molar refractivity (Wildman–Crippen MR) is 89.2 cm³/mol. The molecule has 2 nitrogen and oxygen atoms in total. The minimum absolute atomic E-state index is 0.313. The Kier molecular flexibility index (Phi) is 5.72. The van der Waals surface area contributed by atoms with Crippen molar-refractivity contribution in [3.63, 3.8) is 0 Å². The number of rotatable bonds is 4. The second kappa shape index (κ2) is 6.97. The van der Waals surface area contributed by atoms with Gasteiger partial charge in [0.2, 0.25) is 0 Å². The molecule has 1 fully saturated rings. The fourth-order valence-electron chi connectivity index (χ4n) is 3.74. The zero-order chi connectivity index (χ0) is 15.7. The van der Waals surface area contributed by atoms with E-state index in [1.54, 1.807) is 3.88 Å². The van der Waals surface area contributed by atoms with Crippen LogP contribution >= 0.6 is 0 Å². The van der Waals surface area contributed by atoms with Gasteiger partial charge >= 0.3 is 137 Å². The van der Waals surface area contributed by atoms with Gasteiger partial charge < -0.3 is 0 Å². The molecule has 1 unspecified atom stereocenters. The van der Waals surface area contributed by atoms with E-state index < -0.39 is 24.0 Å². The molecule has 0 heterocycles. The summed E-state index contributed by atoms with van der Waals surface area (Å²) < 4.78 is 5.27. The summed E-state index contributed by atoms with van der Waals surface area (Å²) in [6.45, 7) is 13.2. The van der Waals surface area contributed by atoms with Gasteiger partial charge in [-0.15, -0.1) is 0 Å². The molecule has 0 saturated heterocycles. The van der Waals surface area contributed by atoms with Gasteiger partial charge in [-0.3, -0.25) is 0 Å². The Balaban J connectivity index is 2.19. The number of carbonyl (C=O) groups is 1. The van der Waals surface area contributed by atoms with E-state index >= 15 is 0 Å². The van der Waals surface area contributed by atoms with Crippen molar-refractivity contribution in [3.8, 4) is 0 Å². The van der Waals surface area contributed by atoms with Crippen LogP contribution in [0.2, 0.25) is 13.1 Å². The van der Waals surface area contributed by atoms with E-state index in [0.29, 0.717) is 17.7 Å². The van der Waals surface area contributed by atoms with Gasteiger partial charge in [0, 0.05) is 0 Å². The average Bonchev–Trinajstić information content (AvgIpc) is 3.03. The van der Waals surface area contributed by atoms with Gasteiger partial charge in [-0.25, -0.2) is 0 Å². The SMILES string of the molecule is CC1=C(C)C(C)[C]([Ti]([NH]C(=O)C2CCCC2)[SiH](C)C)=C1C. The third-order valence-corrected chi connectivity index (χ3v) is 16.9. The summed E-state index contributed by atoms with van der Waals surface area (Å²) in [5, 5.41) is 0. The molecule has 0 aromatic carbocycles. The van der Waals surface area contributed by atoms with Gasteiger partial charge in [-0.05, 0) is 0 Å². The summed E-state index contributed by atoms with van der Waals surface area (Å²) in [7, 11) is 0. The number of carbonyl (C=O) groups excluding carboxylic acids is 1. The summed E-state index contributed by atoms with van der Waals surface area (Å²) >= 11 is -1.61. The van der Waals surface area contributed by atoms with E-state index in [-0.39, 0.29) is 0 Å². The Morgan fingerprint density at radius 1 is 1.14 bits per heavy atom. The predicted octanol–water partition coefficient (Wildman–Crippen LogP) is 4.07. The molecule has 2 aliphatic rings. The number of allylic oxidation sites excluding steroid dienone is 4. The molecule has 2 aliphatic carbocycles. The summed E-state index contributed by atoms with van der Waals surface area (Å²) in [4.78, 5) is 12.6. The fraction of sp³-hybridized carbons (Fsp3) is 0.706. The van der Waals surface area contributed by atoms with Crippen LogP contribution in [-0.4, -0.2) is 12.6 Å². The molecule has 0 spiro atoms. The monoisotopic (exact) mass is 340 g/mol. The number of nitrogens with one attached hydrogen (secondary N) is 1. The Hall–Kier alpha value is -0.119. The molecule has 21 heavy (non-hydrogen) atoms. The van der Waals surface area contributed by atoms with Gasteiger partial charge in [0.05, 0.1) is 0 Å². The summed E-state index contributed by atoms with van der Waals surface area (Å²) in [5.74, 6) is 1.27. The van der Waals surface area contributed by atoms with E-state index in [0.717, 1.165) is 12.8 Å². The quantitative estimate of drug-likeness (QED) is 0.768. The zero-order valence-electron chi connectivity index (χ0n) is 14.5. The van der Waals surface area contributed by atoms with Crippen LogP contribution < -0.4 is 3.80 Å². The Morgan fingerprint density at radius 2 is 1.71 bits per heavy atom. The van der Waals surface area contributed by atoms with Crippen molar-refractivity contribution in [2.24, 2.45) is 11.8 Å². The molecule has 0 aromatic rings.